The number of rotatable bonds is 8. The molecule has 2 amide bonds. The van der Waals surface area contributed by atoms with Crippen LogP contribution in [0.5, 0.6) is 0 Å². The van der Waals surface area contributed by atoms with Gasteiger partial charge < -0.3 is 16.0 Å². The van der Waals surface area contributed by atoms with Gasteiger partial charge in [-0.05, 0) is 44.6 Å². The molecule has 21 heavy (non-hydrogen) atoms. The molecular formula is C15H24ClN3O2. The van der Waals surface area contributed by atoms with E-state index in [2.05, 4.69) is 16.0 Å². The largest absolute Gasteiger partial charge is 0.352 e. The van der Waals surface area contributed by atoms with E-state index in [0.29, 0.717) is 24.2 Å². The first-order valence-corrected chi connectivity index (χ1v) is 7.00. The van der Waals surface area contributed by atoms with Crippen molar-refractivity contribution >= 4 is 24.2 Å². The molecule has 5 nitrogen and oxygen atoms in total. The molecule has 0 unspecified atom stereocenters. The van der Waals surface area contributed by atoms with Crippen LogP contribution in [0.1, 0.15) is 40.5 Å². The van der Waals surface area contributed by atoms with E-state index in [1.165, 1.54) is 0 Å². The molecule has 0 saturated carbocycles. The summed E-state index contributed by atoms with van der Waals surface area (Å²) in [7, 11) is 1.88. The highest BCUT2D eigenvalue weighted by molar-refractivity contribution is 5.99. The Morgan fingerprint density at radius 3 is 2.10 bits per heavy atom. The fourth-order valence-electron chi connectivity index (χ4n) is 1.71. The van der Waals surface area contributed by atoms with E-state index in [0.717, 1.165) is 19.4 Å². The summed E-state index contributed by atoms with van der Waals surface area (Å²) >= 11 is 0. The van der Waals surface area contributed by atoms with Gasteiger partial charge in [-0.25, -0.2) is 0 Å². The van der Waals surface area contributed by atoms with E-state index < -0.39 is 0 Å². The minimum Gasteiger partial charge on any atom is -0.352 e. The van der Waals surface area contributed by atoms with Crippen molar-refractivity contribution in [1.82, 2.24) is 16.0 Å². The van der Waals surface area contributed by atoms with E-state index in [1.54, 1.807) is 24.3 Å². The molecule has 1 aromatic rings. The van der Waals surface area contributed by atoms with Crippen molar-refractivity contribution in [3.63, 3.8) is 0 Å². The number of carbonyl (C=O) groups excluding carboxylic acids is 2. The summed E-state index contributed by atoms with van der Waals surface area (Å²) in [5, 5.41) is 8.65. The quantitative estimate of drug-likeness (QED) is 0.638. The van der Waals surface area contributed by atoms with Crippen molar-refractivity contribution in [1.29, 1.82) is 0 Å². The summed E-state index contributed by atoms with van der Waals surface area (Å²) in [4.78, 5) is 23.8. The molecule has 0 aliphatic rings. The van der Waals surface area contributed by atoms with Crippen LogP contribution in [-0.2, 0) is 0 Å². The Balaban J connectivity index is 0.00000400. The summed E-state index contributed by atoms with van der Waals surface area (Å²) < 4.78 is 0. The normalized spacial score (nSPS) is 9.62. The zero-order valence-corrected chi connectivity index (χ0v) is 13.4. The molecule has 118 valence electrons. The first-order valence-electron chi connectivity index (χ1n) is 7.00. The number of nitrogens with one attached hydrogen (secondary N) is 3. The number of hydrogen-bond donors (Lipinski definition) is 3. The molecule has 3 N–H and O–H groups in total. The number of carbonyl (C=O) groups is 2. The van der Waals surface area contributed by atoms with Crippen LogP contribution in [0.25, 0.3) is 0 Å². The van der Waals surface area contributed by atoms with Gasteiger partial charge in [-0.3, -0.25) is 9.59 Å². The fourth-order valence-corrected chi connectivity index (χ4v) is 1.71. The van der Waals surface area contributed by atoms with Crippen LogP contribution >= 0.6 is 12.4 Å². The second kappa shape index (κ2) is 11.1. The molecule has 0 saturated heterocycles. The maximum absolute atomic E-state index is 11.9. The third kappa shape index (κ3) is 7.11. The van der Waals surface area contributed by atoms with Gasteiger partial charge in [0.2, 0.25) is 0 Å². The highest BCUT2D eigenvalue weighted by Gasteiger charge is 2.09. The lowest BCUT2D eigenvalue weighted by Crippen LogP contribution is -2.27. The number of benzene rings is 1. The molecule has 0 aliphatic carbocycles. The van der Waals surface area contributed by atoms with E-state index in [1.807, 2.05) is 14.0 Å². The van der Waals surface area contributed by atoms with Crippen molar-refractivity contribution in [3.05, 3.63) is 35.4 Å². The summed E-state index contributed by atoms with van der Waals surface area (Å²) in [6.07, 6.45) is 1.76. The number of amides is 2. The standard InChI is InChI=1S/C15H23N3O2.ClH/c1-3-8-17-14(19)12-6-4-7-13(11-12)15(20)18-10-5-9-16-2;/h4,6-7,11,16H,3,5,8-10H2,1-2H3,(H,17,19)(H,18,20);1H. The molecule has 1 rings (SSSR count). The lowest BCUT2D eigenvalue weighted by Gasteiger charge is -2.07. The van der Waals surface area contributed by atoms with Crippen LogP contribution in [0.15, 0.2) is 24.3 Å². The first kappa shape index (κ1) is 19.4. The molecule has 6 heteroatoms. The van der Waals surface area contributed by atoms with Gasteiger partial charge in [0.05, 0.1) is 0 Å². The van der Waals surface area contributed by atoms with Crippen LogP contribution in [-0.4, -0.2) is 38.5 Å². The molecule has 0 aromatic heterocycles. The highest BCUT2D eigenvalue weighted by atomic mass is 35.5. The molecule has 0 radical (unpaired) electrons. The zero-order valence-electron chi connectivity index (χ0n) is 12.6. The molecule has 0 atom stereocenters. The van der Waals surface area contributed by atoms with Crippen LogP contribution in [0, 0.1) is 0 Å². The predicted octanol–water partition coefficient (Wildman–Crippen LogP) is 1.59. The van der Waals surface area contributed by atoms with Crippen molar-refractivity contribution < 1.29 is 9.59 Å². The van der Waals surface area contributed by atoms with Crippen LogP contribution in [0.2, 0.25) is 0 Å². The smallest absolute Gasteiger partial charge is 0.251 e. The third-order valence-electron chi connectivity index (χ3n) is 2.81. The molecule has 0 heterocycles. The molecule has 0 spiro atoms. The van der Waals surface area contributed by atoms with Crippen LogP contribution < -0.4 is 16.0 Å². The zero-order chi connectivity index (χ0) is 14.8. The van der Waals surface area contributed by atoms with Crippen molar-refractivity contribution in [3.8, 4) is 0 Å². The van der Waals surface area contributed by atoms with E-state index >= 15 is 0 Å². The lowest BCUT2D eigenvalue weighted by molar-refractivity contribution is 0.0952. The van der Waals surface area contributed by atoms with E-state index in [4.69, 9.17) is 0 Å². The second-order valence-corrected chi connectivity index (χ2v) is 4.55. The van der Waals surface area contributed by atoms with Crippen molar-refractivity contribution in [2.24, 2.45) is 0 Å². The van der Waals surface area contributed by atoms with Gasteiger partial charge in [-0.1, -0.05) is 13.0 Å². The topological polar surface area (TPSA) is 70.2 Å². The maximum Gasteiger partial charge on any atom is 0.251 e. The number of halogens is 1. The predicted molar refractivity (Wildman–Crippen MR) is 87.2 cm³/mol. The summed E-state index contributed by atoms with van der Waals surface area (Å²) in [6.45, 7) is 4.11. The van der Waals surface area contributed by atoms with E-state index in [9.17, 15) is 9.59 Å². The average molecular weight is 314 g/mol. The Hall–Kier alpha value is -1.59. The Labute approximate surface area is 132 Å². The van der Waals surface area contributed by atoms with Crippen LogP contribution in [0.3, 0.4) is 0 Å². The first-order chi connectivity index (χ1) is 9.69. The minimum atomic E-state index is -0.147. The van der Waals surface area contributed by atoms with E-state index in [-0.39, 0.29) is 24.2 Å². The highest BCUT2D eigenvalue weighted by Crippen LogP contribution is 2.05. The van der Waals surface area contributed by atoms with Gasteiger partial charge in [-0.15, -0.1) is 12.4 Å². The van der Waals surface area contributed by atoms with Gasteiger partial charge in [-0.2, -0.15) is 0 Å². The fraction of sp³-hybridized carbons (Fsp3) is 0.467. The summed E-state index contributed by atoms with van der Waals surface area (Å²) in [5.74, 6) is -0.289. The lowest BCUT2D eigenvalue weighted by atomic mass is 10.1. The Bertz CT molecular complexity index is 452. The molecule has 0 aliphatic heterocycles. The second-order valence-electron chi connectivity index (χ2n) is 4.55. The maximum atomic E-state index is 11.9. The van der Waals surface area contributed by atoms with Gasteiger partial charge in [0.25, 0.3) is 11.8 Å². The summed E-state index contributed by atoms with van der Waals surface area (Å²) in [6, 6.07) is 6.77. The Kier molecular flexibility index (Phi) is 10.3. The molecule has 0 fully saturated rings. The Morgan fingerprint density at radius 1 is 1.00 bits per heavy atom. The summed E-state index contributed by atoms with van der Waals surface area (Å²) in [5.41, 5.74) is 1.03. The van der Waals surface area contributed by atoms with Crippen molar-refractivity contribution in [2.45, 2.75) is 19.8 Å². The van der Waals surface area contributed by atoms with Crippen molar-refractivity contribution in [2.75, 3.05) is 26.7 Å². The van der Waals surface area contributed by atoms with Gasteiger partial charge in [0, 0.05) is 24.2 Å². The monoisotopic (exact) mass is 313 g/mol. The SMILES string of the molecule is CCCNC(=O)c1cccc(C(=O)NCCCNC)c1.Cl. The van der Waals surface area contributed by atoms with Gasteiger partial charge in [0.1, 0.15) is 0 Å². The molecule has 0 bridgehead atoms. The number of hydrogen-bond acceptors (Lipinski definition) is 3. The van der Waals surface area contributed by atoms with Gasteiger partial charge in [0.15, 0.2) is 0 Å². The molecule has 1 aromatic carbocycles. The van der Waals surface area contributed by atoms with Gasteiger partial charge >= 0.3 is 0 Å². The minimum absolute atomic E-state index is 0. The third-order valence-corrected chi connectivity index (χ3v) is 2.81. The average Bonchev–Trinajstić information content (AvgIpc) is 2.49. The van der Waals surface area contributed by atoms with Crippen LogP contribution in [0.4, 0.5) is 0 Å². The molecular weight excluding hydrogens is 290 g/mol. The Morgan fingerprint density at radius 2 is 1.57 bits per heavy atom.